The molecule has 0 saturated carbocycles. The van der Waals surface area contributed by atoms with Gasteiger partial charge in [0.15, 0.2) is 0 Å². The van der Waals surface area contributed by atoms with E-state index in [1.165, 1.54) is 0 Å². The first-order valence-electron chi connectivity index (χ1n) is 5.98. The molecular formula is C13H18N4O. The molecule has 1 atom stereocenters. The molecule has 1 amide bonds. The third-order valence-corrected chi connectivity index (χ3v) is 3.09. The van der Waals surface area contributed by atoms with E-state index < -0.39 is 0 Å². The number of hydrogen-bond acceptors (Lipinski definition) is 3. The normalized spacial score (nSPS) is 12.6. The van der Waals surface area contributed by atoms with Gasteiger partial charge < -0.3 is 9.88 Å². The summed E-state index contributed by atoms with van der Waals surface area (Å²) in [4.78, 5) is 15.9. The molecule has 2 rings (SSSR count). The number of nitrogens with zero attached hydrogens (tertiary/aromatic N) is 2. The molecule has 0 aliphatic carbocycles. The number of fused-ring (bicyclic) bond motifs is 1. The topological polar surface area (TPSA) is 59.0 Å². The number of amides is 1. The lowest BCUT2D eigenvalue weighted by Gasteiger charge is -2.11. The molecule has 18 heavy (non-hydrogen) atoms. The average molecular weight is 246 g/mol. The Morgan fingerprint density at radius 3 is 2.83 bits per heavy atom. The molecular weight excluding hydrogens is 228 g/mol. The van der Waals surface area contributed by atoms with E-state index >= 15 is 0 Å². The van der Waals surface area contributed by atoms with E-state index in [1.807, 2.05) is 42.8 Å². The number of para-hydroxylation sites is 2. The van der Waals surface area contributed by atoms with Gasteiger partial charge in [-0.2, -0.15) is 0 Å². The third kappa shape index (κ3) is 2.36. The van der Waals surface area contributed by atoms with E-state index in [0.717, 1.165) is 16.9 Å². The van der Waals surface area contributed by atoms with Crippen molar-refractivity contribution < 1.29 is 4.79 Å². The standard InChI is InChI=1S/C13H18N4O/c1-9(13(18)14-2)15-8-12-16-10-6-4-5-7-11(10)17(12)3/h4-7,9,15H,8H2,1-3H3,(H,14,18). The van der Waals surface area contributed by atoms with E-state index in [0.29, 0.717) is 6.54 Å². The van der Waals surface area contributed by atoms with Crippen LogP contribution in [-0.2, 0) is 18.4 Å². The molecule has 2 aromatic rings. The van der Waals surface area contributed by atoms with Crippen LogP contribution in [0.5, 0.6) is 0 Å². The van der Waals surface area contributed by atoms with Crippen LogP contribution >= 0.6 is 0 Å². The van der Waals surface area contributed by atoms with E-state index in [-0.39, 0.29) is 11.9 Å². The number of carbonyl (C=O) groups excluding carboxylic acids is 1. The van der Waals surface area contributed by atoms with Gasteiger partial charge in [0.1, 0.15) is 5.82 Å². The lowest BCUT2D eigenvalue weighted by molar-refractivity contribution is -0.122. The Morgan fingerprint density at radius 2 is 2.17 bits per heavy atom. The largest absolute Gasteiger partial charge is 0.358 e. The molecule has 0 saturated heterocycles. The van der Waals surface area contributed by atoms with E-state index in [2.05, 4.69) is 15.6 Å². The summed E-state index contributed by atoms with van der Waals surface area (Å²) in [5.41, 5.74) is 2.08. The highest BCUT2D eigenvalue weighted by molar-refractivity contribution is 5.81. The smallest absolute Gasteiger partial charge is 0.236 e. The molecule has 0 aliphatic rings. The SMILES string of the molecule is CNC(=O)C(C)NCc1nc2ccccc2n1C. The molecule has 5 nitrogen and oxygen atoms in total. The Hall–Kier alpha value is -1.88. The predicted molar refractivity (Wildman–Crippen MR) is 71.1 cm³/mol. The van der Waals surface area contributed by atoms with Crippen molar-refractivity contribution in [3.05, 3.63) is 30.1 Å². The van der Waals surface area contributed by atoms with Crippen LogP contribution in [0.3, 0.4) is 0 Å². The first-order chi connectivity index (χ1) is 8.63. The summed E-state index contributed by atoms with van der Waals surface area (Å²) in [6, 6.07) is 7.76. The van der Waals surface area contributed by atoms with Gasteiger partial charge in [-0.1, -0.05) is 12.1 Å². The summed E-state index contributed by atoms with van der Waals surface area (Å²) in [5.74, 6) is 0.903. The minimum Gasteiger partial charge on any atom is -0.358 e. The number of hydrogen-bond donors (Lipinski definition) is 2. The molecule has 1 heterocycles. The van der Waals surface area contributed by atoms with Gasteiger partial charge in [-0.3, -0.25) is 10.1 Å². The fourth-order valence-electron chi connectivity index (χ4n) is 1.91. The Kier molecular flexibility index (Phi) is 3.62. The summed E-state index contributed by atoms with van der Waals surface area (Å²) >= 11 is 0. The van der Waals surface area contributed by atoms with Gasteiger partial charge in [-0.25, -0.2) is 4.98 Å². The maximum atomic E-state index is 11.4. The first-order valence-corrected chi connectivity index (χ1v) is 5.98. The summed E-state index contributed by atoms with van der Waals surface area (Å²) < 4.78 is 2.04. The van der Waals surface area contributed by atoms with Crippen molar-refractivity contribution in [2.24, 2.45) is 7.05 Å². The number of aromatic nitrogens is 2. The van der Waals surface area contributed by atoms with Crippen LogP contribution in [0.2, 0.25) is 0 Å². The molecule has 0 radical (unpaired) electrons. The Morgan fingerprint density at radius 1 is 1.44 bits per heavy atom. The van der Waals surface area contributed by atoms with Crippen LogP contribution in [-0.4, -0.2) is 28.5 Å². The van der Waals surface area contributed by atoms with Crippen LogP contribution in [0, 0.1) is 0 Å². The molecule has 5 heteroatoms. The fraction of sp³-hybridized carbons (Fsp3) is 0.385. The van der Waals surface area contributed by atoms with Crippen molar-refractivity contribution in [2.75, 3.05) is 7.05 Å². The van der Waals surface area contributed by atoms with Crippen molar-refractivity contribution in [3.8, 4) is 0 Å². The lowest BCUT2D eigenvalue weighted by Crippen LogP contribution is -2.40. The number of aryl methyl sites for hydroxylation is 1. The second-order valence-electron chi connectivity index (χ2n) is 4.29. The predicted octanol–water partition coefficient (Wildman–Crippen LogP) is 0.797. The number of rotatable bonds is 4. The van der Waals surface area contributed by atoms with E-state index in [9.17, 15) is 4.79 Å². The number of nitrogens with one attached hydrogen (secondary N) is 2. The Bertz CT molecular complexity index is 561. The monoisotopic (exact) mass is 246 g/mol. The molecule has 0 spiro atoms. The van der Waals surface area contributed by atoms with Gasteiger partial charge in [0.05, 0.1) is 23.6 Å². The van der Waals surface area contributed by atoms with Crippen LogP contribution in [0.25, 0.3) is 11.0 Å². The number of carbonyl (C=O) groups is 1. The number of benzene rings is 1. The van der Waals surface area contributed by atoms with Crippen molar-refractivity contribution in [3.63, 3.8) is 0 Å². The molecule has 1 aromatic heterocycles. The van der Waals surface area contributed by atoms with E-state index in [4.69, 9.17) is 0 Å². The zero-order valence-corrected chi connectivity index (χ0v) is 10.9. The third-order valence-electron chi connectivity index (χ3n) is 3.09. The molecule has 2 N–H and O–H groups in total. The molecule has 1 unspecified atom stereocenters. The highest BCUT2D eigenvalue weighted by Crippen LogP contribution is 2.13. The van der Waals surface area contributed by atoms with Crippen molar-refractivity contribution >= 4 is 16.9 Å². The van der Waals surface area contributed by atoms with Crippen molar-refractivity contribution in [2.45, 2.75) is 19.5 Å². The number of imidazole rings is 1. The quantitative estimate of drug-likeness (QED) is 0.839. The van der Waals surface area contributed by atoms with Crippen LogP contribution < -0.4 is 10.6 Å². The molecule has 96 valence electrons. The van der Waals surface area contributed by atoms with Crippen LogP contribution in [0.1, 0.15) is 12.7 Å². The Balaban J connectivity index is 2.13. The maximum absolute atomic E-state index is 11.4. The summed E-state index contributed by atoms with van der Waals surface area (Å²) in [6.07, 6.45) is 0. The molecule has 0 bridgehead atoms. The van der Waals surface area contributed by atoms with Gasteiger partial charge in [-0.15, -0.1) is 0 Å². The van der Waals surface area contributed by atoms with Gasteiger partial charge >= 0.3 is 0 Å². The molecule has 0 aliphatic heterocycles. The maximum Gasteiger partial charge on any atom is 0.236 e. The van der Waals surface area contributed by atoms with Gasteiger partial charge in [-0.05, 0) is 19.1 Å². The summed E-state index contributed by atoms with van der Waals surface area (Å²) in [7, 11) is 3.62. The molecule has 0 fully saturated rings. The van der Waals surface area contributed by atoms with Crippen molar-refractivity contribution in [1.29, 1.82) is 0 Å². The van der Waals surface area contributed by atoms with Crippen LogP contribution in [0.15, 0.2) is 24.3 Å². The highest BCUT2D eigenvalue weighted by Gasteiger charge is 2.12. The van der Waals surface area contributed by atoms with Gasteiger partial charge in [0, 0.05) is 14.1 Å². The van der Waals surface area contributed by atoms with E-state index in [1.54, 1.807) is 7.05 Å². The number of likely N-dealkylation sites (N-methyl/N-ethyl adjacent to an activating group) is 1. The fourth-order valence-corrected chi connectivity index (χ4v) is 1.91. The summed E-state index contributed by atoms with van der Waals surface area (Å²) in [6.45, 7) is 2.40. The minimum atomic E-state index is -0.227. The zero-order chi connectivity index (χ0) is 13.1. The average Bonchev–Trinajstić information content (AvgIpc) is 2.72. The lowest BCUT2D eigenvalue weighted by atomic mass is 10.3. The van der Waals surface area contributed by atoms with Crippen LogP contribution in [0.4, 0.5) is 0 Å². The second kappa shape index (κ2) is 5.18. The summed E-state index contributed by atoms with van der Waals surface area (Å²) in [5, 5.41) is 5.77. The zero-order valence-electron chi connectivity index (χ0n) is 10.9. The second-order valence-corrected chi connectivity index (χ2v) is 4.29. The van der Waals surface area contributed by atoms with Gasteiger partial charge in [0.25, 0.3) is 0 Å². The Labute approximate surface area is 106 Å². The minimum absolute atomic E-state index is 0.0197. The van der Waals surface area contributed by atoms with Crippen molar-refractivity contribution in [1.82, 2.24) is 20.2 Å². The molecule has 1 aromatic carbocycles. The first kappa shape index (κ1) is 12.6. The highest BCUT2D eigenvalue weighted by atomic mass is 16.2. The van der Waals surface area contributed by atoms with Gasteiger partial charge in [0.2, 0.25) is 5.91 Å².